The summed E-state index contributed by atoms with van der Waals surface area (Å²) in [5.41, 5.74) is 1.33. The molecule has 80 valence electrons. The summed E-state index contributed by atoms with van der Waals surface area (Å²) >= 11 is 10.5. The Balaban J connectivity index is 1.83. The van der Waals surface area contributed by atoms with E-state index in [-0.39, 0.29) is 0 Å². The van der Waals surface area contributed by atoms with Crippen molar-refractivity contribution in [2.45, 2.75) is 13.1 Å². The largest absolute Gasteiger partial charge is 0.308 e. The van der Waals surface area contributed by atoms with Gasteiger partial charge in [-0.05, 0) is 60.3 Å². The van der Waals surface area contributed by atoms with E-state index in [1.807, 2.05) is 0 Å². The lowest BCUT2D eigenvalue weighted by Crippen LogP contribution is -2.11. The number of hydrogen-bond donors (Lipinski definition) is 1. The summed E-state index contributed by atoms with van der Waals surface area (Å²) in [7, 11) is 0. The highest BCUT2D eigenvalue weighted by Crippen LogP contribution is 2.23. The monoisotopic (exact) mass is 365 g/mol. The van der Waals surface area contributed by atoms with Gasteiger partial charge in [-0.15, -0.1) is 22.7 Å². The van der Waals surface area contributed by atoms with Crippen LogP contribution in [0.2, 0.25) is 0 Å². The molecule has 0 radical (unpaired) electrons. The predicted octanol–water partition coefficient (Wildman–Crippen LogP) is 4.62. The summed E-state index contributed by atoms with van der Waals surface area (Å²) in [5, 5.41) is 7.69. The summed E-state index contributed by atoms with van der Waals surface area (Å²) in [6, 6.07) is 4.24. The second-order valence-electron chi connectivity index (χ2n) is 3.05. The Hall–Kier alpha value is 0.320. The third-order valence-corrected chi connectivity index (χ3v) is 5.41. The zero-order valence-corrected chi connectivity index (χ0v) is 12.6. The number of thiophene rings is 2. The van der Waals surface area contributed by atoms with Crippen LogP contribution >= 0.6 is 54.5 Å². The van der Waals surface area contributed by atoms with Crippen molar-refractivity contribution >= 4 is 54.5 Å². The number of rotatable bonds is 4. The van der Waals surface area contributed by atoms with Gasteiger partial charge >= 0.3 is 0 Å². The molecule has 15 heavy (non-hydrogen) atoms. The molecule has 0 saturated heterocycles. The van der Waals surface area contributed by atoms with Gasteiger partial charge in [0.15, 0.2) is 0 Å². The summed E-state index contributed by atoms with van der Waals surface area (Å²) in [6.45, 7) is 1.85. The third kappa shape index (κ3) is 3.39. The molecule has 0 amide bonds. The molecule has 2 rings (SSSR count). The lowest BCUT2D eigenvalue weighted by atomic mass is 10.3. The maximum absolute atomic E-state index is 3.52. The smallest absolute Gasteiger partial charge is 0.0701 e. The van der Waals surface area contributed by atoms with Gasteiger partial charge < -0.3 is 5.32 Å². The van der Waals surface area contributed by atoms with Crippen molar-refractivity contribution < 1.29 is 0 Å². The molecule has 1 N–H and O–H groups in total. The third-order valence-electron chi connectivity index (χ3n) is 1.93. The molecule has 0 aliphatic heterocycles. The molecule has 0 spiro atoms. The van der Waals surface area contributed by atoms with Crippen molar-refractivity contribution in [1.82, 2.24) is 5.32 Å². The Bertz CT molecular complexity index is 436. The first-order chi connectivity index (χ1) is 7.25. The maximum Gasteiger partial charge on any atom is 0.0701 e. The van der Waals surface area contributed by atoms with Crippen LogP contribution in [0.3, 0.4) is 0 Å². The Morgan fingerprint density at radius 1 is 1.20 bits per heavy atom. The van der Waals surface area contributed by atoms with Gasteiger partial charge in [0, 0.05) is 22.4 Å². The molecule has 2 aromatic heterocycles. The second kappa shape index (κ2) is 5.59. The predicted molar refractivity (Wildman–Crippen MR) is 74.6 cm³/mol. The fourth-order valence-electron chi connectivity index (χ4n) is 1.21. The van der Waals surface area contributed by atoms with Crippen LogP contribution < -0.4 is 5.32 Å². The molecular formula is C10H9Br2NS2. The van der Waals surface area contributed by atoms with Crippen LogP contribution in [0, 0.1) is 0 Å². The van der Waals surface area contributed by atoms with Gasteiger partial charge in [-0.1, -0.05) is 0 Å². The highest BCUT2D eigenvalue weighted by atomic mass is 79.9. The van der Waals surface area contributed by atoms with Gasteiger partial charge in [0.25, 0.3) is 0 Å². The lowest BCUT2D eigenvalue weighted by Gasteiger charge is -2.01. The van der Waals surface area contributed by atoms with Gasteiger partial charge in [-0.25, -0.2) is 0 Å². The van der Waals surface area contributed by atoms with Gasteiger partial charge in [0.05, 0.1) is 3.79 Å². The minimum Gasteiger partial charge on any atom is -0.308 e. The molecule has 2 aromatic rings. The zero-order valence-electron chi connectivity index (χ0n) is 7.80. The average molecular weight is 367 g/mol. The van der Waals surface area contributed by atoms with E-state index >= 15 is 0 Å². The van der Waals surface area contributed by atoms with Gasteiger partial charge in [0.1, 0.15) is 0 Å². The zero-order chi connectivity index (χ0) is 10.7. The quantitative estimate of drug-likeness (QED) is 0.832. The van der Waals surface area contributed by atoms with Crippen molar-refractivity contribution in [3.63, 3.8) is 0 Å². The van der Waals surface area contributed by atoms with Crippen LogP contribution in [0.25, 0.3) is 0 Å². The van der Waals surface area contributed by atoms with Gasteiger partial charge in [-0.3, -0.25) is 0 Å². The van der Waals surface area contributed by atoms with E-state index in [0.29, 0.717) is 0 Å². The first kappa shape index (κ1) is 11.8. The molecule has 0 aromatic carbocycles. The topological polar surface area (TPSA) is 12.0 Å². The summed E-state index contributed by atoms with van der Waals surface area (Å²) in [5.74, 6) is 0. The molecule has 2 heterocycles. The van der Waals surface area contributed by atoms with E-state index in [2.05, 4.69) is 60.1 Å². The molecule has 0 fully saturated rings. The molecule has 0 unspecified atom stereocenters. The van der Waals surface area contributed by atoms with Gasteiger partial charge in [-0.2, -0.15) is 0 Å². The van der Waals surface area contributed by atoms with Crippen LogP contribution in [0.15, 0.2) is 31.2 Å². The summed E-state index contributed by atoms with van der Waals surface area (Å²) < 4.78 is 2.39. The normalized spacial score (nSPS) is 10.8. The minimum atomic E-state index is 0.922. The van der Waals surface area contributed by atoms with Crippen LogP contribution in [0.1, 0.15) is 10.4 Å². The molecule has 0 atom stereocenters. The Kier molecular flexibility index (Phi) is 4.40. The molecule has 0 saturated carbocycles. The van der Waals surface area contributed by atoms with Crippen molar-refractivity contribution in [2.24, 2.45) is 0 Å². The van der Waals surface area contributed by atoms with Crippen LogP contribution in [-0.2, 0) is 13.1 Å². The Labute approximate surface area is 114 Å². The molecule has 0 aliphatic rings. The molecule has 1 nitrogen and oxygen atoms in total. The molecular weight excluding hydrogens is 358 g/mol. The second-order valence-corrected chi connectivity index (χ2v) is 7.20. The highest BCUT2D eigenvalue weighted by molar-refractivity contribution is 9.11. The van der Waals surface area contributed by atoms with E-state index in [9.17, 15) is 0 Å². The fraction of sp³-hybridized carbons (Fsp3) is 0.200. The maximum atomic E-state index is 3.52. The van der Waals surface area contributed by atoms with Crippen LogP contribution in [0.4, 0.5) is 0 Å². The van der Waals surface area contributed by atoms with E-state index in [1.165, 1.54) is 18.7 Å². The summed E-state index contributed by atoms with van der Waals surface area (Å²) in [6.07, 6.45) is 0. The van der Waals surface area contributed by atoms with E-state index in [4.69, 9.17) is 0 Å². The Morgan fingerprint density at radius 3 is 2.67 bits per heavy atom. The number of hydrogen-bond acceptors (Lipinski definition) is 3. The summed E-state index contributed by atoms with van der Waals surface area (Å²) in [4.78, 5) is 1.35. The van der Waals surface area contributed by atoms with Crippen LogP contribution in [-0.4, -0.2) is 0 Å². The first-order valence-electron chi connectivity index (χ1n) is 4.41. The van der Waals surface area contributed by atoms with Crippen molar-refractivity contribution in [1.29, 1.82) is 0 Å². The standard InChI is InChI=1S/C10H9Br2NS2/c11-8-1-2-14-9(8)5-13-4-7-3-10(12)15-6-7/h1-3,6,13H,4-5H2. The minimum absolute atomic E-state index is 0.922. The first-order valence-corrected chi connectivity index (χ1v) is 7.76. The number of halogens is 2. The van der Waals surface area contributed by atoms with E-state index in [0.717, 1.165) is 13.1 Å². The van der Waals surface area contributed by atoms with Gasteiger partial charge in [0.2, 0.25) is 0 Å². The fourth-order valence-corrected chi connectivity index (χ4v) is 3.88. The lowest BCUT2D eigenvalue weighted by molar-refractivity contribution is 0.701. The van der Waals surface area contributed by atoms with Crippen molar-refractivity contribution in [3.8, 4) is 0 Å². The highest BCUT2D eigenvalue weighted by Gasteiger charge is 2.01. The Morgan fingerprint density at radius 2 is 2.07 bits per heavy atom. The average Bonchev–Trinajstić information content (AvgIpc) is 2.77. The number of nitrogens with one attached hydrogen (secondary N) is 1. The van der Waals surface area contributed by atoms with E-state index in [1.54, 1.807) is 22.7 Å². The molecule has 5 heteroatoms. The van der Waals surface area contributed by atoms with E-state index < -0.39 is 0 Å². The van der Waals surface area contributed by atoms with Crippen LogP contribution in [0.5, 0.6) is 0 Å². The van der Waals surface area contributed by atoms with Crippen molar-refractivity contribution in [2.75, 3.05) is 0 Å². The van der Waals surface area contributed by atoms with Crippen molar-refractivity contribution in [3.05, 3.63) is 41.6 Å². The SMILES string of the molecule is Brc1cc(CNCc2sccc2Br)cs1. The molecule has 0 aliphatic carbocycles. The molecule has 0 bridgehead atoms.